The van der Waals surface area contributed by atoms with Gasteiger partial charge in [-0.25, -0.2) is 4.79 Å². The summed E-state index contributed by atoms with van der Waals surface area (Å²) < 4.78 is 11.3. The van der Waals surface area contributed by atoms with Crippen molar-refractivity contribution >= 4 is 5.97 Å². The molecule has 3 atom stereocenters. The average Bonchev–Trinajstić information content (AvgIpc) is 3.29. The van der Waals surface area contributed by atoms with E-state index in [1.807, 2.05) is 13.8 Å². The maximum atomic E-state index is 12.3. The first-order valence-electron chi connectivity index (χ1n) is 8.64. The number of hydrogen-bond donors (Lipinski definition) is 1. The summed E-state index contributed by atoms with van der Waals surface area (Å²) in [4.78, 5) is 12.3. The van der Waals surface area contributed by atoms with E-state index in [2.05, 4.69) is 12.2 Å². The third-order valence-electron chi connectivity index (χ3n) is 4.75. The lowest BCUT2D eigenvalue weighted by atomic mass is 9.85. The minimum Gasteiger partial charge on any atom is -0.465 e. The molecule has 1 N–H and O–H groups in total. The Hall–Kier alpha value is -0.610. The summed E-state index contributed by atoms with van der Waals surface area (Å²) in [6.45, 7) is 6.86. The molecule has 2 rings (SSSR count). The zero-order valence-corrected chi connectivity index (χ0v) is 13.8. The summed E-state index contributed by atoms with van der Waals surface area (Å²) >= 11 is 0. The SMILES string of the molecule is CCOC(=O)C(C)(COC1CCCC(CC)C1)NC1CC1. The van der Waals surface area contributed by atoms with E-state index in [0.29, 0.717) is 25.4 Å². The first-order valence-corrected chi connectivity index (χ1v) is 8.64. The molecule has 2 aliphatic rings. The summed E-state index contributed by atoms with van der Waals surface area (Å²) in [5.41, 5.74) is -0.698. The van der Waals surface area contributed by atoms with Crippen molar-refractivity contribution < 1.29 is 14.3 Å². The molecule has 0 heterocycles. The summed E-state index contributed by atoms with van der Waals surface area (Å²) in [7, 11) is 0. The second-order valence-electron chi connectivity index (χ2n) is 6.85. The molecule has 0 aromatic carbocycles. The number of carbonyl (C=O) groups is 1. The molecular formula is C17H31NO3. The van der Waals surface area contributed by atoms with Gasteiger partial charge < -0.3 is 9.47 Å². The predicted octanol–water partition coefficient (Wildman–Crippen LogP) is 3.05. The van der Waals surface area contributed by atoms with Gasteiger partial charge in [0.05, 0.1) is 19.3 Å². The van der Waals surface area contributed by atoms with Crippen molar-refractivity contribution in [1.29, 1.82) is 0 Å². The Morgan fingerprint density at radius 2 is 2.00 bits per heavy atom. The van der Waals surface area contributed by atoms with Gasteiger partial charge in [0.2, 0.25) is 0 Å². The molecule has 122 valence electrons. The van der Waals surface area contributed by atoms with Crippen molar-refractivity contribution in [2.24, 2.45) is 5.92 Å². The van der Waals surface area contributed by atoms with Crippen LogP contribution in [0.25, 0.3) is 0 Å². The smallest absolute Gasteiger partial charge is 0.328 e. The third kappa shape index (κ3) is 4.96. The molecular weight excluding hydrogens is 266 g/mol. The van der Waals surface area contributed by atoms with Crippen LogP contribution in [0.2, 0.25) is 0 Å². The quantitative estimate of drug-likeness (QED) is 0.700. The lowest BCUT2D eigenvalue weighted by Gasteiger charge is -2.33. The van der Waals surface area contributed by atoms with Gasteiger partial charge in [-0.1, -0.05) is 26.2 Å². The van der Waals surface area contributed by atoms with Crippen LogP contribution in [0.5, 0.6) is 0 Å². The van der Waals surface area contributed by atoms with Crippen molar-refractivity contribution in [3.05, 3.63) is 0 Å². The number of ether oxygens (including phenoxy) is 2. The van der Waals surface area contributed by atoms with Gasteiger partial charge >= 0.3 is 5.97 Å². The standard InChI is InChI=1S/C17H31NO3/c1-4-13-7-6-8-15(11-13)21-12-17(3,16(19)20-5-2)18-14-9-10-14/h13-15,18H,4-12H2,1-3H3. The molecule has 4 nitrogen and oxygen atoms in total. The van der Waals surface area contributed by atoms with Crippen LogP contribution < -0.4 is 5.32 Å². The number of rotatable bonds is 8. The van der Waals surface area contributed by atoms with Crippen molar-refractivity contribution in [2.75, 3.05) is 13.2 Å². The molecule has 0 aliphatic heterocycles. The fourth-order valence-corrected chi connectivity index (χ4v) is 3.18. The van der Waals surface area contributed by atoms with Gasteiger partial charge in [-0.2, -0.15) is 0 Å². The molecule has 0 amide bonds. The Morgan fingerprint density at radius 3 is 2.62 bits per heavy atom. The Labute approximate surface area is 129 Å². The summed E-state index contributed by atoms with van der Waals surface area (Å²) in [6, 6.07) is 0.456. The van der Waals surface area contributed by atoms with Crippen LogP contribution in [0.4, 0.5) is 0 Å². The summed E-state index contributed by atoms with van der Waals surface area (Å²) in [5.74, 6) is 0.605. The lowest BCUT2D eigenvalue weighted by Crippen LogP contribution is -2.55. The highest BCUT2D eigenvalue weighted by Gasteiger charge is 2.40. The molecule has 0 bridgehead atoms. The van der Waals surface area contributed by atoms with E-state index in [4.69, 9.17) is 9.47 Å². The minimum absolute atomic E-state index is 0.181. The molecule has 2 aliphatic carbocycles. The minimum atomic E-state index is -0.698. The highest BCUT2D eigenvalue weighted by atomic mass is 16.5. The molecule has 0 saturated heterocycles. The van der Waals surface area contributed by atoms with Gasteiger partial charge in [-0.3, -0.25) is 5.32 Å². The average molecular weight is 297 g/mol. The topological polar surface area (TPSA) is 47.6 Å². The second kappa shape index (κ2) is 7.59. The van der Waals surface area contributed by atoms with Crippen LogP contribution in [-0.2, 0) is 14.3 Å². The van der Waals surface area contributed by atoms with E-state index < -0.39 is 5.54 Å². The van der Waals surface area contributed by atoms with Gasteiger partial charge in [-0.05, 0) is 45.4 Å². The van der Waals surface area contributed by atoms with Crippen molar-refractivity contribution in [2.45, 2.75) is 83.4 Å². The fourth-order valence-electron chi connectivity index (χ4n) is 3.18. The highest BCUT2D eigenvalue weighted by Crippen LogP contribution is 2.30. The van der Waals surface area contributed by atoms with Gasteiger partial charge in [0.1, 0.15) is 5.54 Å². The van der Waals surface area contributed by atoms with Crippen LogP contribution in [0.1, 0.15) is 65.7 Å². The summed E-state index contributed by atoms with van der Waals surface area (Å²) in [5, 5.41) is 3.42. The number of nitrogens with one attached hydrogen (secondary N) is 1. The number of hydrogen-bond acceptors (Lipinski definition) is 4. The third-order valence-corrected chi connectivity index (χ3v) is 4.75. The van der Waals surface area contributed by atoms with Gasteiger partial charge in [0.15, 0.2) is 0 Å². The van der Waals surface area contributed by atoms with Gasteiger partial charge in [0.25, 0.3) is 0 Å². The fraction of sp³-hybridized carbons (Fsp3) is 0.941. The van der Waals surface area contributed by atoms with Crippen molar-refractivity contribution in [3.8, 4) is 0 Å². The van der Waals surface area contributed by atoms with Gasteiger partial charge in [-0.15, -0.1) is 0 Å². The van der Waals surface area contributed by atoms with Gasteiger partial charge in [0, 0.05) is 6.04 Å². The van der Waals surface area contributed by atoms with E-state index >= 15 is 0 Å². The van der Waals surface area contributed by atoms with E-state index in [-0.39, 0.29) is 5.97 Å². The monoisotopic (exact) mass is 297 g/mol. The predicted molar refractivity (Wildman–Crippen MR) is 83.2 cm³/mol. The Morgan fingerprint density at radius 1 is 1.24 bits per heavy atom. The maximum Gasteiger partial charge on any atom is 0.328 e. The Bertz CT molecular complexity index is 343. The van der Waals surface area contributed by atoms with Crippen LogP contribution in [0, 0.1) is 5.92 Å². The van der Waals surface area contributed by atoms with E-state index in [1.165, 1.54) is 19.3 Å². The largest absolute Gasteiger partial charge is 0.465 e. The molecule has 0 spiro atoms. The Balaban J connectivity index is 1.87. The Kier molecular flexibility index (Phi) is 6.06. The van der Waals surface area contributed by atoms with E-state index in [0.717, 1.165) is 31.6 Å². The molecule has 2 saturated carbocycles. The zero-order chi connectivity index (χ0) is 15.3. The van der Waals surface area contributed by atoms with Crippen LogP contribution >= 0.6 is 0 Å². The first kappa shape index (κ1) is 16.8. The van der Waals surface area contributed by atoms with Crippen molar-refractivity contribution in [3.63, 3.8) is 0 Å². The zero-order valence-electron chi connectivity index (χ0n) is 13.8. The molecule has 0 radical (unpaired) electrons. The van der Waals surface area contributed by atoms with E-state index in [9.17, 15) is 4.79 Å². The van der Waals surface area contributed by atoms with Crippen LogP contribution in [-0.4, -0.2) is 36.9 Å². The number of esters is 1. The molecule has 21 heavy (non-hydrogen) atoms. The molecule has 0 aromatic heterocycles. The normalized spacial score (nSPS) is 28.9. The maximum absolute atomic E-state index is 12.3. The van der Waals surface area contributed by atoms with Crippen molar-refractivity contribution in [1.82, 2.24) is 5.32 Å². The second-order valence-corrected chi connectivity index (χ2v) is 6.85. The molecule has 0 aromatic rings. The molecule has 2 fully saturated rings. The molecule has 4 heteroatoms. The highest BCUT2D eigenvalue weighted by molar-refractivity contribution is 5.80. The summed E-state index contributed by atoms with van der Waals surface area (Å²) in [6.07, 6.45) is 8.67. The lowest BCUT2D eigenvalue weighted by molar-refractivity contribution is -0.155. The molecule has 3 unspecified atom stereocenters. The van der Waals surface area contributed by atoms with Crippen LogP contribution in [0.15, 0.2) is 0 Å². The first-order chi connectivity index (χ1) is 10.1. The van der Waals surface area contributed by atoms with Crippen LogP contribution in [0.3, 0.4) is 0 Å². The number of carbonyl (C=O) groups excluding carboxylic acids is 1. The van der Waals surface area contributed by atoms with E-state index in [1.54, 1.807) is 0 Å².